The molecular formula is C12H17NO3. The summed E-state index contributed by atoms with van der Waals surface area (Å²) in [5.41, 5.74) is 0.706. The number of carbonyl (C=O) groups is 1. The maximum absolute atomic E-state index is 11.3. The molecule has 0 atom stereocenters. The molecule has 0 spiro atoms. The molecule has 0 saturated heterocycles. The van der Waals surface area contributed by atoms with Crippen LogP contribution < -0.4 is 9.64 Å². The maximum Gasteiger partial charge on any atom is 0.252 e. The number of rotatable bonds is 4. The van der Waals surface area contributed by atoms with E-state index in [4.69, 9.17) is 9.84 Å². The molecule has 0 aliphatic heterocycles. The lowest BCUT2D eigenvalue weighted by molar-refractivity contribution is -0.120. The number of benzene rings is 1. The van der Waals surface area contributed by atoms with E-state index in [1.165, 1.54) is 4.90 Å². The van der Waals surface area contributed by atoms with E-state index in [0.29, 0.717) is 11.4 Å². The first-order valence-corrected chi connectivity index (χ1v) is 5.18. The third-order valence-electron chi connectivity index (χ3n) is 2.09. The quantitative estimate of drug-likeness (QED) is 0.840. The average Bonchev–Trinajstić information content (AvgIpc) is 2.26. The zero-order valence-electron chi connectivity index (χ0n) is 9.80. The summed E-state index contributed by atoms with van der Waals surface area (Å²) in [5, 5.41) is 8.76. The first kappa shape index (κ1) is 12.5. The summed E-state index contributed by atoms with van der Waals surface area (Å²) in [5.74, 6) is 0.367. The van der Waals surface area contributed by atoms with E-state index in [-0.39, 0.29) is 12.0 Å². The van der Waals surface area contributed by atoms with Gasteiger partial charge in [-0.2, -0.15) is 0 Å². The molecule has 0 aliphatic rings. The molecule has 4 heteroatoms. The highest BCUT2D eigenvalue weighted by atomic mass is 16.5. The molecule has 1 aromatic carbocycles. The van der Waals surface area contributed by atoms with Gasteiger partial charge in [0, 0.05) is 18.8 Å². The number of nitrogens with zero attached hydrogens (tertiary/aromatic N) is 1. The van der Waals surface area contributed by atoms with Crippen LogP contribution in [0.4, 0.5) is 5.69 Å². The van der Waals surface area contributed by atoms with Gasteiger partial charge in [-0.25, -0.2) is 0 Å². The van der Waals surface area contributed by atoms with Gasteiger partial charge < -0.3 is 14.7 Å². The van der Waals surface area contributed by atoms with E-state index in [0.717, 1.165) is 0 Å². The molecule has 1 amide bonds. The third kappa shape index (κ3) is 3.24. The summed E-state index contributed by atoms with van der Waals surface area (Å²) in [6.45, 7) is 3.39. The minimum absolute atomic E-state index is 0.0918. The lowest BCUT2D eigenvalue weighted by Gasteiger charge is -2.17. The standard InChI is InChI=1S/C12H17NO3/c1-9(2)16-11-6-4-5-10(7-11)13(3)12(15)8-14/h4-7,9,14H,8H2,1-3H3. The van der Waals surface area contributed by atoms with E-state index in [1.54, 1.807) is 19.2 Å². The van der Waals surface area contributed by atoms with Gasteiger partial charge in [-0.3, -0.25) is 4.79 Å². The van der Waals surface area contributed by atoms with Crippen LogP contribution in [-0.2, 0) is 4.79 Å². The van der Waals surface area contributed by atoms with Gasteiger partial charge in [0.25, 0.3) is 5.91 Å². The minimum Gasteiger partial charge on any atom is -0.491 e. The first-order valence-electron chi connectivity index (χ1n) is 5.18. The van der Waals surface area contributed by atoms with Crippen LogP contribution in [0, 0.1) is 0 Å². The van der Waals surface area contributed by atoms with Gasteiger partial charge in [-0.1, -0.05) is 6.07 Å². The zero-order valence-corrected chi connectivity index (χ0v) is 9.80. The Morgan fingerprint density at radius 2 is 2.19 bits per heavy atom. The highest BCUT2D eigenvalue weighted by Gasteiger charge is 2.10. The van der Waals surface area contributed by atoms with Crippen molar-refractivity contribution in [1.82, 2.24) is 0 Å². The van der Waals surface area contributed by atoms with Crippen LogP contribution >= 0.6 is 0 Å². The van der Waals surface area contributed by atoms with Crippen molar-refractivity contribution in [2.45, 2.75) is 20.0 Å². The summed E-state index contributed by atoms with van der Waals surface area (Å²) < 4.78 is 5.52. The van der Waals surface area contributed by atoms with E-state index in [1.807, 2.05) is 26.0 Å². The van der Waals surface area contributed by atoms with Crippen molar-refractivity contribution in [1.29, 1.82) is 0 Å². The van der Waals surface area contributed by atoms with E-state index in [2.05, 4.69) is 0 Å². The molecule has 0 saturated carbocycles. The highest BCUT2D eigenvalue weighted by molar-refractivity contribution is 5.93. The van der Waals surface area contributed by atoms with Crippen molar-refractivity contribution in [3.8, 4) is 5.75 Å². The number of hydrogen-bond donors (Lipinski definition) is 1. The molecule has 0 heterocycles. The van der Waals surface area contributed by atoms with Crippen LogP contribution in [0.1, 0.15) is 13.8 Å². The predicted octanol–water partition coefficient (Wildman–Crippen LogP) is 1.43. The molecule has 0 bridgehead atoms. The predicted molar refractivity (Wildman–Crippen MR) is 62.7 cm³/mol. The van der Waals surface area contributed by atoms with E-state index in [9.17, 15) is 4.79 Å². The Balaban J connectivity index is 2.85. The van der Waals surface area contributed by atoms with Crippen LogP contribution in [0.25, 0.3) is 0 Å². The van der Waals surface area contributed by atoms with Crippen molar-refractivity contribution in [3.05, 3.63) is 24.3 Å². The normalized spacial score (nSPS) is 10.3. The smallest absolute Gasteiger partial charge is 0.252 e. The van der Waals surface area contributed by atoms with Crippen LogP contribution in [0.5, 0.6) is 5.75 Å². The van der Waals surface area contributed by atoms with Crippen molar-refractivity contribution in [2.75, 3.05) is 18.6 Å². The Labute approximate surface area is 95.5 Å². The molecule has 0 radical (unpaired) electrons. The second kappa shape index (κ2) is 5.51. The number of carbonyl (C=O) groups excluding carboxylic acids is 1. The molecule has 1 aromatic rings. The SMILES string of the molecule is CC(C)Oc1cccc(N(C)C(=O)CO)c1. The first-order chi connectivity index (χ1) is 7.54. The van der Waals surface area contributed by atoms with Crippen molar-refractivity contribution in [3.63, 3.8) is 0 Å². The fraction of sp³-hybridized carbons (Fsp3) is 0.417. The largest absolute Gasteiger partial charge is 0.491 e. The zero-order chi connectivity index (χ0) is 12.1. The Bertz CT molecular complexity index is 363. The number of ether oxygens (including phenoxy) is 1. The Morgan fingerprint density at radius 1 is 1.50 bits per heavy atom. The molecule has 1 rings (SSSR count). The Morgan fingerprint density at radius 3 is 2.75 bits per heavy atom. The minimum atomic E-state index is -0.494. The van der Waals surface area contributed by atoms with Gasteiger partial charge >= 0.3 is 0 Å². The third-order valence-corrected chi connectivity index (χ3v) is 2.09. The van der Waals surface area contributed by atoms with Gasteiger partial charge in [-0.15, -0.1) is 0 Å². The highest BCUT2D eigenvalue weighted by Crippen LogP contribution is 2.21. The Hall–Kier alpha value is -1.55. The molecule has 0 unspecified atom stereocenters. The Kier molecular flexibility index (Phi) is 4.31. The number of likely N-dealkylation sites (N-methyl/N-ethyl adjacent to an activating group) is 1. The molecule has 0 aromatic heterocycles. The number of aliphatic hydroxyl groups excluding tert-OH is 1. The molecule has 4 nitrogen and oxygen atoms in total. The second-order valence-electron chi connectivity index (χ2n) is 3.77. The molecular weight excluding hydrogens is 206 g/mol. The van der Waals surface area contributed by atoms with E-state index >= 15 is 0 Å². The monoisotopic (exact) mass is 223 g/mol. The van der Waals surface area contributed by atoms with Crippen molar-refractivity contribution in [2.24, 2.45) is 0 Å². The van der Waals surface area contributed by atoms with Gasteiger partial charge in [0.15, 0.2) is 0 Å². The summed E-state index contributed by atoms with van der Waals surface area (Å²) >= 11 is 0. The number of anilines is 1. The maximum atomic E-state index is 11.3. The number of aliphatic hydroxyl groups is 1. The van der Waals surface area contributed by atoms with Gasteiger partial charge in [0.05, 0.1) is 6.10 Å². The molecule has 16 heavy (non-hydrogen) atoms. The summed E-state index contributed by atoms with van der Waals surface area (Å²) in [7, 11) is 1.62. The average molecular weight is 223 g/mol. The van der Waals surface area contributed by atoms with E-state index < -0.39 is 6.61 Å². The van der Waals surface area contributed by atoms with Crippen molar-refractivity contribution < 1.29 is 14.6 Å². The molecule has 0 fully saturated rings. The number of hydrogen-bond acceptors (Lipinski definition) is 3. The molecule has 88 valence electrons. The fourth-order valence-electron chi connectivity index (χ4n) is 1.29. The molecule has 1 N–H and O–H groups in total. The van der Waals surface area contributed by atoms with Crippen molar-refractivity contribution >= 4 is 11.6 Å². The topological polar surface area (TPSA) is 49.8 Å². The second-order valence-corrected chi connectivity index (χ2v) is 3.77. The summed E-state index contributed by atoms with van der Waals surface area (Å²) in [6, 6.07) is 7.21. The van der Waals surface area contributed by atoms with Crippen LogP contribution in [0.15, 0.2) is 24.3 Å². The van der Waals surface area contributed by atoms with Crippen LogP contribution in [0.3, 0.4) is 0 Å². The van der Waals surface area contributed by atoms with Crippen LogP contribution in [0.2, 0.25) is 0 Å². The fourth-order valence-corrected chi connectivity index (χ4v) is 1.29. The van der Waals surface area contributed by atoms with Gasteiger partial charge in [0.2, 0.25) is 0 Å². The van der Waals surface area contributed by atoms with Crippen LogP contribution in [-0.4, -0.2) is 30.8 Å². The number of amides is 1. The summed E-state index contributed by atoms with van der Waals surface area (Å²) in [6.07, 6.45) is 0.0918. The summed E-state index contributed by atoms with van der Waals surface area (Å²) in [4.78, 5) is 12.7. The lowest BCUT2D eigenvalue weighted by Crippen LogP contribution is -2.28. The lowest BCUT2D eigenvalue weighted by atomic mass is 10.2. The van der Waals surface area contributed by atoms with Gasteiger partial charge in [0.1, 0.15) is 12.4 Å². The van der Waals surface area contributed by atoms with Gasteiger partial charge in [-0.05, 0) is 26.0 Å². The molecule has 0 aliphatic carbocycles.